The summed E-state index contributed by atoms with van der Waals surface area (Å²) in [4.78, 5) is 36.2. The van der Waals surface area contributed by atoms with Crippen molar-refractivity contribution in [2.75, 3.05) is 5.75 Å². The van der Waals surface area contributed by atoms with Gasteiger partial charge in [0.1, 0.15) is 11.6 Å². The maximum Gasteiger partial charge on any atom is 0.192 e. The molecule has 3 aliphatic carbocycles. The van der Waals surface area contributed by atoms with Crippen LogP contribution in [0.2, 0.25) is 0 Å². The average molecular weight is 365 g/mol. The summed E-state index contributed by atoms with van der Waals surface area (Å²) in [6.45, 7) is 0. The van der Waals surface area contributed by atoms with Gasteiger partial charge in [-0.2, -0.15) is 0 Å². The highest BCUT2D eigenvalue weighted by Crippen LogP contribution is 2.42. The van der Waals surface area contributed by atoms with Gasteiger partial charge < -0.3 is 0 Å². The molecule has 25 heavy (non-hydrogen) atoms. The summed E-state index contributed by atoms with van der Waals surface area (Å²) in [5.74, 6) is 3.12. The van der Waals surface area contributed by atoms with Crippen LogP contribution < -0.4 is 0 Å². The number of carbonyl (C=O) groups is 3. The third-order valence-electron chi connectivity index (χ3n) is 6.71. The summed E-state index contributed by atoms with van der Waals surface area (Å²) in [5, 5.41) is 0.331. The van der Waals surface area contributed by atoms with Crippen LogP contribution in [0.1, 0.15) is 83.5 Å². The van der Waals surface area contributed by atoms with Crippen LogP contribution >= 0.6 is 11.8 Å². The van der Waals surface area contributed by atoms with Crippen LogP contribution in [0.25, 0.3) is 0 Å². The molecule has 0 amide bonds. The van der Waals surface area contributed by atoms with Crippen LogP contribution in [0.5, 0.6) is 0 Å². The SMILES string of the molecule is O=C1CCC(C(=O)CCSC(=O)C2CCCC3CCCCC3C2)CC1. The molecule has 3 aliphatic rings. The van der Waals surface area contributed by atoms with E-state index in [4.69, 9.17) is 0 Å². The van der Waals surface area contributed by atoms with E-state index in [9.17, 15) is 14.4 Å². The van der Waals surface area contributed by atoms with E-state index in [0.29, 0.717) is 35.9 Å². The summed E-state index contributed by atoms with van der Waals surface area (Å²) in [5.41, 5.74) is 0. The highest BCUT2D eigenvalue weighted by molar-refractivity contribution is 8.13. The van der Waals surface area contributed by atoms with Gasteiger partial charge in [-0.05, 0) is 37.5 Å². The molecular formula is C21H32O3S. The molecule has 0 aromatic rings. The second kappa shape index (κ2) is 9.34. The molecule has 4 heteroatoms. The number of carbonyl (C=O) groups excluding carboxylic acids is 3. The maximum absolute atomic E-state index is 12.6. The third-order valence-corrected chi connectivity index (χ3v) is 7.73. The van der Waals surface area contributed by atoms with Crippen molar-refractivity contribution < 1.29 is 14.4 Å². The Kier molecular flexibility index (Phi) is 7.15. The first-order valence-corrected chi connectivity index (χ1v) is 11.3. The Labute approximate surface area is 156 Å². The summed E-state index contributed by atoms with van der Waals surface area (Å²) >= 11 is 1.40. The van der Waals surface area contributed by atoms with Crippen molar-refractivity contribution in [1.82, 2.24) is 0 Å². The van der Waals surface area contributed by atoms with E-state index in [2.05, 4.69) is 0 Å². The molecule has 0 aliphatic heterocycles. The van der Waals surface area contributed by atoms with Crippen LogP contribution in [0.3, 0.4) is 0 Å². The molecule has 3 rings (SSSR count). The topological polar surface area (TPSA) is 51.2 Å². The standard InChI is InChI=1S/C21H32O3S/c22-19-10-8-16(9-11-19)20(23)12-13-25-21(24)18-7-3-6-15-4-1-2-5-17(15)14-18/h15-18H,1-14H2. The molecule has 0 spiro atoms. The number of hydrogen-bond acceptors (Lipinski definition) is 4. The number of rotatable bonds is 5. The molecule has 0 N–H and O–H groups in total. The molecule has 140 valence electrons. The van der Waals surface area contributed by atoms with Crippen molar-refractivity contribution in [2.45, 2.75) is 83.5 Å². The molecule has 0 aromatic heterocycles. The molecule has 0 saturated heterocycles. The van der Waals surface area contributed by atoms with Gasteiger partial charge in [0.2, 0.25) is 0 Å². The largest absolute Gasteiger partial charge is 0.300 e. The molecule has 0 heterocycles. The van der Waals surface area contributed by atoms with E-state index in [1.54, 1.807) is 0 Å². The van der Waals surface area contributed by atoms with Gasteiger partial charge in [0.05, 0.1) is 0 Å². The van der Waals surface area contributed by atoms with Gasteiger partial charge in [-0.1, -0.05) is 50.3 Å². The van der Waals surface area contributed by atoms with Crippen molar-refractivity contribution in [1.29, 1.82) is 0 Å². The van der Waals surface area contributed by atoms with Gasteiger partial charge in [0, 0.05) is 36.9 Å². The lowest BCUT2D eigenvalue weighted by Crippen LogP contribution is -2.23. The van der Waals surface area contributed by atoms with Gasteiger partial charge in [0.25, 0.3) is 0 Å². The van der Waals surface area contributed by atoms with E-state index in [0.717, 1.165) is 37.5 Å². The first-order valence-electron chi connectivity index (χ1n) is 10.3. The van der Waals surface area contributed by atoms with E-state index >= 15 is 0 Å². The first-order chi connectivity index (χ1) is 12.1. The van der Waals surface area contributed by atoms with Crippen molar-refractivity contribution in [3.05, 3.63) is 0 Å². The van der Waals surface area contributed by atoms with Crippen LogP contribution in [0, 0.1) is 23.7 Å². The van der Waals surface area contributed by atoms with Crippen molar-refractivity contribution >= 4 is 28.4 Å². The van der Waals surface area contributed by atoms with Crippen molar-refractivity contribution in [2.24, 2.45) is 23.7 Å². The minimum atomic E-state index is 0.0641. The van der Waals surface area contributed by atoms with Gasteiger partial charge in [0.15, 0.2) is 5.12 Å². The lowest BCUT2D eigenvalue weighted by atomic mass is 9.75. The highest BCUT2D eigenvalue weighted by Gasteiger charge is 2.33. The van der Waals surface area contributed by atoms with Crippen molar-refractivity contribution in [3.8, 4) is 0 Å². The number of fused-ring (bicyclic) bond motifs is 1. The fraction of sp³-hybridized carbons (Fsp3) is 0.857. The second-order valence-corrected chi connectivity index (χ2v) is 9.46. The van der Waals surface area contributed by atoms with Gasteiger partial charge in [-0.15, -0.1) is 0 Å². The Morgan fingerprint density at radius 1 is 0.840 bits per heavy atom. The molecule has 0 aromatic carbocycles. The average Bonchev–Trinajstić information content (AvgIpc) is 2.84. The smallest absolute Gasteiger partial charge is 0.192 e. The Morgan fingerprint density at radius 2 is 1.52 bits per heavy atom. The van der Waals surface area contributed by atoms with Crippen LogP contribution in [-0.4, -0.2) is 22.4 Å². The lowest BCUT2D eigenvalue weighted by Gasteiger charge is -2.30. The van der Waals surface area contributed by atoms with Gasteiger partial charge >= 0.3 is 0 Å². The number of ketones is 2. The van der Waals surface area contributed by atoms with Crippen LogP contribution in [0.4, 0.5) is 0 Å². The van der Waals surface area contributed by atoms with E-state index in [-0.39, 0.29) is 17.6 Å². The summed E-state index contributed by atoms with van der Waals surface area (Å²) in [6.07, 6.45) is 13.1. The van der Waals surface area contributed by atoms with E-state index in [1.165, 1.54) is 50.3 Å². The fourth-order valence-electron chi connectivity index (χ4n) is 5.13. The zero-order valence-corrected chi connectivity index (χ0v) is 16.2. The number of hydrogen-bond donors (Lipinski definition) is 0. The Hall–Kier alpha value is -0.640. The molecule has 3 fully saturated rings. The Morgan fingerprint density at radius 3 is 2.28 bits per heavy atom. The Bertz CT molecular complexity index is 491. The molecule has 3 saturated carbocycles. The van der Waals surface area contributed by atoms with E-state index in [1.807, 2.05) is 0 Å². The van der Waals surface area contributed by atoms with E-state index < -0.39 is 0 Å². The predicted octanol–water partition coefficient (Wildman–Crippen LogP) is 4.96. The maximum atomic E-state index is 12.6. The van der Waals surface area contributed by atoms with Crippen LogP contribution in [0.15, 0.2) is 0 Å². The lowest BCUT2D eigenvalue weighted by molar-refractivity contribution is -0.126. The quantitative estimate of drug-likeness (QED) is 0.692. The van der Waals surface area contributed by atoms with Gasteiger partial charge in [-0.3, -0.25) is 14.4 Å². The first kappa shape index (κ1) is 19.1. The zero-order chi connectivity index (χ0) is 17.6. The predicted molar refractivity (Wildman–Crippen MR) is 101 cm³/mol. The number of Topliss-reactive ketones (excluding diaryl/α,β-unsaturated/α-hetero) is 2. The fourth-order valence-corrected chi connectivity index (χ4v) is 6.09. The highest BCUT2D eigenvalue weighted by atomic mass is 32.2. The normalized spacial score (nSPS) is 31.2. The second-order valence-electron chi connectivity index (χ2n) is 8.36. The minimum Gasteiger partial charge on any atom is -0.300 e. The molecular weight excluding hydrogens is 332 g/mol. The zero-order valence-electron chi connectivity index (χ0n) is 15.3. The van der Waals surface area contributed by atoms with Gasteiger partial charge in [-0.25, -0.2) is 0 Å². The molecule has 3 nitrogen and oxygen atoms in total. The molecule has 3 unspecified atom stereocenters. The molecule has 0 bridgehead atoms. The number of thioether (sulfide) groups is 1. The van der Waals surface area contributed by atoms with Crippen LogP contribution in [-0.2, 0) is 14.4 Å². The van der Waals surface area contributed by atoms with Crippen molar-refractivity contribution in [3.63, 3.8) is 0 Å². The Balaban J connectivity index is 1.39. The minimum absolute atomic E-state index is 0.0641. The summed E-state index contributed by atoms with van der Waals surface area (Å²) < 4.78 is 0. The molecule has 0 radical (unpaired) electrons. The summed E-state index contributed by atoms with van der Waals surface area (Å²) in [6, 6.07) is 0. The molecule has 3 atom stereocenters. The monoisotopic (exact) mass is 364 g/mol. The third kappa shape index (κ3) is 5.42. The summed E-state index contributed by atoms with van der Waals surface area (Å²) in [7, 11) is 0.